The number of para-hydroxylation sites is 2. The maximum atomic E-state index is 5.28. The molecule has 1 aliphatic heterocycles. The minimum absolute atomic E-state index is 0.152. The molecule has 260 valence electrons. The summed E-state index contributed by atoms with van der Waals surface area (Å²) in [6.07, 6.45) is 2.24. The van der Waals surface area contributed by atoms with Crippen LogP contribution in [-0.4, -0.2) is 10.4 Å². The number of amidine groups is 1. The molecule has 8 aromatic carbocycles. The standard InChI is InChI=1S/C52H37N3/c1-3-11-36(12-4-1)38-19-25-42(26-20-38)48-35-49(54-52(53-48)44-29-23-39(24-30-44)37-13-5-2-6-14-37)43-27-21-40(22-28-43)41-31-33-45(34-32-41)55-50-17-9-7-15-46(50)47-16-8-10-18-51(47)55/h1-35,49H,(H,53,54). The summed E-state index contributed by atoms with van der Waals surface area (Å²) in [5.74, 6) is 0.860. The van der Waals surface area contributed by atoms with Crippen molar-refractivity contribution in [2.24, 2.45) is 4.99 Å². The molecule has 0 bridgehead atoms. The third-order valence-electron chi connectivity index (χ3n) is 10.7. The summed E-state index contributed by atoms with van der Waals surface area (Å²) in [5, 5.41) is 6.23. The molecule has 3 nitrogen and oxygen atoms in total. The van der Waals surface area contributed by atoms with Crippen LogP contribution < -0.4 is 5.32 Å². The summed E-state index contributed by atoms with van der Waals surface area (Å²) in [6.45, 7) is 0. The zero-order valence-electron chi connectivity index (χ0n) is 30.2. The van der Waals surface area contributed by atoms with Crippen LogP contribution in [0, 0.1) is 0 Å². The van der Waals surface area contributed by atoms with Crippen LogP contribution in [-0.2, 0) is 0 Å². The zero-order valence-corrected chi connectivity index (χ0v) is 30.2. The van der Waals surface area contributed by atoms with E-state index in [-0.39, 0.29) is 6.04 Å². The van der Waals surface area contributed by atoms with Gasteiger partial charge in [0.05, 0.1) is 17.1 Å². The first-order chi connectivity index (χ1) is 27.2. The molecule has 10 rings (SSSR count). The fourth-order valence-corrected chi connectivity index (χ4v) is 7.82. The molecule has 0 spiro atoms. The average Bonchev–Trinajstić information content (AvgIpc) is 3.61. The van der Waals surface area contributed by atoms with Crippen LogP contribution in [0.3, 0.4) is 0 Å². The molecule has 1 aliphatic rings. The van der Waals surface area contributed by atoms with Crippen molar-refractivity contribution in [2.75, 3.05) is 0 Å². The van der Waals surface area contributed by atoms with Gasteiger partial charge in [-0.25, -0.2) is 0 Å². The van der Waals surface area contributed by atoms with E-state index in [4.69, 9.17) is 4.99 Å². The molecule has 1 unspecified atom stereocenters. The summed E-state index contributed by atoms with van der Waals surface area (Å²) >= 11 is 0. The second-order valence-corrected chi connectivity index (χ2v) is 14.1. The lowest BCUT2D eigenvalue weighted by Crippen LogP contribution is -2.27. The van der Waals surface area contributed by atoms with Gasteiger partial charge in [-0.3, -0.25) is 4.99 Å². The summed E-state index contributed by atoms with van der Waals surface area (Å²) in [5.41, 5.74) is 15.1. The van der Waals surface area contributed by atoms with E-state index in [0.29, 0.717) is 0 Å². The third kappa shape index (κ3) is 6.22. The predicted molar refractivity (Wildman–Crippen MR) is 230 cm³/mol. The fourth-order valence-electron chi connectivity index (χ4n) is 7.82. The molecule has 3 heteroatoms. The number of aliphatic imine (C=N–C) groups is 1. The molecular weight excluding hydrogens is 667 g/mol. The Hall–Kier alpha value is -7.23. The molecule has 0 amide bonds. The third-order valence-corrected chi connectivity index (χ3v) is 10.7. The van der Waals surface area contributed by atoms with E-state index in [1.54, 1.807) is 0 Å². The Bertz CT molecular complexity index is 2680. The Kier molecular flexibility index (Phi) is 8.23. The molecule has 0 saturated heterocycles. The Labute approximate surface area is 321 Å². The normalized spacial score (nSPS) is 14.0. The Morgan fingerprint density at radius 3 is 1.29 bits per heavy atom. The molecule has 1 aromatic heterocycles. The number of nitrogens with zero attached hydrogens (tertiary/aromatic N) is 2. The van der Waals surface area contributed by atoms with Gasteiger partial charge in [0, 0.05) is 27.7 Å². The number of rotatable bonds is 7. The topological polar surface area (TPSA) is 29.3 Å². The molecule has 1 atom stereocenters. The second-order valence-electron chi connectivity index (χ2n) is 14.1. The van der Waals surface area contributed by atoms with Crippen molar-refractivity contribution in [3.05, 3.63) is 229 Å². The lowest BCUT2D eigenvalue weighted by atomic mass is 9.97. The van der Waals surface area contributed by atoms with E-state index >= 15 is 0 Å². The van der Waals surface area contributed by atoms with Gasteiger partial charge in [-0.2, -0.15) is 0 Å². The smallest absolute Gasteiger partial charge is 0.133 e. The highest BCUT2D eigenvalue weighted by Crippen LogP contribution is 2.34. The van der Waals surface area contributed by atoms with Gasteiger partial charge in [0.1, 0.15) is 5.84 Å². The number of hydrogen-bond acceptors (Lipinski definition) is 2. The minimum Gasteiger partial charge on any atom is -0.340 e. The molecule has 9 aromatic rings. The monoisotopic (exact) mass is 703 g/mol. The predicted octanol–water partition coefficient (Wildman–Crippen LogP) is 12.9. The SMILES string of the molecule is C1=C(c2ccc(-c3ccccc3)cc2)NC(c2ccc(-c3ccccc3)cc2)=NC1c1ccc(-c2ccc(-n3c4ccccc4c4ccccc43)cc2)cc1. The number of benzene rings is 8. The van der Waals surface area contributed by atoms with E-state index in [2.05, 4.69) is 222 Å². The van der Waals surface area contributed by atoms with Crippen LogP contribution >= 0.6 is 0 Å². The van der Waals surface area contributed by atoms with E-state index in [0.717, 1.165) is 33.9 Å². The first-order valence-corrected chi connectivity index (χ1v) is 18.8. The number of nitrogens with one attached hydrogen (secondary N) is 1. The van der Waals surface area contributed by atoms with Crippen molar-refractivity contribution in [1.29, 1.82) is 0 Å². The van der Waals surface area contributed by atoms with Crippen molar-refractivity contribution >= 4 is 33.3 Å². The highest BCUT2D eigenvalue weighted by molar-refractivity contribution is 6.09. The van der Waals surface area contributed by atoms with Crippen LogP contribution in [0.4, 0.5) is 0 Å². The zero-order chi connectivity index (χ0) is 36.6. The summed E-state index contributed by atoms with van der Waals surface area (Å²) in [4.78, 5) is 5.28. The highest BCUT2D eigenvalue weighted by atomic mass is 15.0. The van der Waals surface area contributed by atoms with Crippen LogP contribution in [0.25, 0.3) is 66.6 Å². The van der Waals surface area contributed by atoms with Gasteiger partial charge in [-0.05, 0) is 74.8 Å². The van der Waals surface area contributed by atoms with E-state index in [1.807, 2.05) is 0 Å². The van der Waals surface area contributed by atoms with Crippen LogP contribution in [0.2, 0.25) is 0 Å². The lowest BCUT2D eigenvalue weighted by Gasteiger charge is -2.24. The largest absolute Gasteiger partial charge is 0.340 e. The number of fused-ring (bicyclic) bond motifs is 3. The van der Waals surface area contributed by atoms with Crippen molar-refractivity contribution in [2.45, 2.75) is 6.04 Å². The lowest BCUT2D eigenvalue weighted by molar-refractivity contribution is 0.880. The van der Waals surface area contributed by atoms with E-state index in [1.165, 1.54) is 55.2 Å². The van der Waals surface area contributed by atoms with Crippen molar-refractivity contribution in [3.63, 3.8) is 0 Å². The number of hydrogen-bond donors (Lipinski definition) is 1. The van der Waals surface area contributed by atoms with Gasteiger partial charge in [0.2, 0.25) is 0 Å². The van der Waals surface area contributed by atoms with Gasteiger partial charge in [-0.1, -0.05) is 182 Å². The minimum atomic E-state index is -0.152. The van der Waals surface area contributed by atoms with Gasteiger partial charge in [-0.15, -0.1) is 0 Å². The first kappa shape index (κ1) is 32.4. The van der Waals surface area contributed by atoms with Crippen LogP contribution in [0.5, 0.6) is 0 Å². The highest BCUT2D eigenvalue weighted by Gasteiger charge is 2.20. The van der Waals surface area contributed by atoms with Gasteiger partial charge in [0.25, 0.3) is 0 Å². The van der Waals surface area contributed by atoms with Gasteiger partial charge >= 0.3 is 0 Å². The average molecular weight is 704 g/mol. The molecule has 0 aliphatic carbocycles. The fraction of sp³-hybridized carbons (Fsp3) is 0.0192. The van der Waals surface area contributed by atoms with Crippen LogP contribution in [0.1, 0.15) is 22.7 Å². The Morgan fingerprint density at radius 2 is 0.764 bits per heavy atom. The summed E-state index contributed by atoms with van der Waals surface area (Å²) in [7, 11) is 0. The summed E-state index contributed by atoms with van der Waals surface area (Å²) < 4.78 is 2.36. The van der Waals surface area contributed by atoms with Gasteiger partial charge < -0.3 is 9.88 Å². The molecule has 0 saturated carbocycles. The second kappa shape index (κ2) is 14.0. The molecular formula is C52H37N3. The molecule has 0 fully saturated rings. The quantitative estimate of drug-likeness (QED) is 0.176. The van der Waals surface area contributed by atoms with Gasteiger partial charge in [0.15, 0.2) is 0 Å². The Balaban J connectivity index is 0.966. The molecule has 0 radical (unpaired) electrons. The van der Waals surface area contributed by atoms with Crippen LogP contribution in [0.15, 0.2) is 217 Å². The first-order valence-electron chi connectivity index (χ1n) is 18.8. The number of aromatic nitrogens is 1. The molecule has 2 heterocycles. The Morgan fingerprint density at radius 1 is 0.364 bits per heavy atom. The maximum Gasteiger partial charge on any atom is 0.133 e. The summed E-state index contributed by atoms with van der Waals surface area (Å²) in [6, 6.07) is 73.4. The van der Waals surface area contributed by atoms with Crippen molar-refractivity contribution in [3.8, 4) is 39.1 Å². The van der Waals surface area contributed by atoms with E-state index in [9.17, 15) is 0 Å². The van der Waals surface area contributed by atoms with E-state index < -0.39 is 0 Å². The molecule has 1 N–H and O–H groups in total. The van der Waals surface area contributed by atoms with Crippen molar-refractivity contribution in [1.82, 2.24) is 9.88 Å². The maximum absolute atomic E-state index is 5.28. The molecule has 55 heavy (non-hydrogen) atoms. The van der Waals surface area contributed by atoms with Crippen molar-refractivity contribution < 1.29 is 0 Å².